The Morgan fingerprint density at radius 2 is 0.971 bits per heavy atom. The Balaban J connectivity index is 0.00000432. The molecule has 0 bridgehead atoms. The molecule has 8 nitrogen and oxygen atoms in total. The van der Waals surface area contributed by atoms with Crippen molar-refractivity contribution in [3.8, 4) is 0 Å². The monoisotopic (exact) mass is 492 g/mol. The lowest BCUT2D eigenvalue weighted by atomic mass is 10.1. The number of hydrogen-bond acceptors (Lipinski definition) is 4. The Labute approximate surface area is 211 Å². The third-order valence-corrected chi connectivity index (χ3v) is 5.14. The lowest BCUT2D eigenvalue weighted by molar-refractivity contribution is 0.102. The average Bonchev–Trinajstić information content (AvgIpc) is 2.87. The number of hydrogen-bond donors (Lipinski definition) is 4. The molecule has 0 atom stereocenters. The topological polar surface area (TPSA) is 107 Å². The molecular formula is C26H29ClN6O2. The number of amides is 2. The van der Waals surface area contributed by atoms with Gasteiger partial charge >= 0.3 is 0 Å². The van der Waals surface area contributed by atoms with Crippen molar-refractivity contribution in [3.05, 3.63) is 95.1 Å². The summed E-state index contributed by atoms with van der Waals surface area (Å²) in [6, 6.07) is 21.3. The molecular weight excluding hydrogens is 464 g/mol. The maximum Gasteiger partial charge on any atom is 0.255 e. The summed E-state index contributed by atoms with van der Waals surface area (Å²) in [5.74, 6) is 0.908. The van der Waals surface area contributed by atoms with Gasteiger partial charge in [0, 0.05) is 61.8 Å². The fourth-order valence-corrected chi connectivity index (χ4v) is 3.40. The number of amidine groups is 2. The van der Waals surface area contributed by atoms with Crippen LogP contribution < -0.4 is 21.3 Å². The van der Waals surface area contributed by atoms with Gasteiger partial charge in [-0.25, -0.2) is 0 Å². The zero-order valence-electron chi connectivity index (χ0n) is 20.0. The SMILES string of the molecule is CN=C(NC)c1ccc(NC(=O)c2cccc(C(=O)Nc3ccc(C(=NC)NC)cc3)c2)cc1.Cl. The summed E-state index contributed by atoms with van der Waals surface area (Å²) in [6.07, 6.45) is 0. The second-order valence-corrected chi connectivity index (χ2v) is 7.29. The molecule has 0 saturated heterocycles. The molecule has 2 amide bonds. The number of benzene rings is 3. The number of carbonyl (C=O) groups excluding carboxylic acids is 2. The molecule has 0 heterocycles. The zero-order chi connectivity index (χ0) is 24.5. The van der Waals surface area contributed by atoms with Gasteiger partial charge in [0.1, 0.15) is 11.7 Å². The summed E-state index contributed by atoms with van der Waals surface area (Å²) >= 11 is 0. The van der Waals surface area contributed by atoms with E-state index in [4.69, 9.17) is 0 Å². The minimum atomic E-state index is -0.303. The van der Waals surface area contributed by atoms with E-state index in [1.54, 1.807) is 76.7 Å². The van der Waals surface area contributed by atoms with Gasteiger partial charge in [-0.3, -0.25) is 19.6 Å². The Kier molecular flexibility index (Phi) is 9.98. The Bertz CT molecular complexity index is 1130. The molecule has 0 spiro atoms. The van der Waals surface area contributed by atoms with Gasteiger partial charge in [-0.2, -0.15) is 0 Å². The number of rotatable bonds is 6. The van der Waals surface area contributed by atoms with E-state index in [0.29, 0.717) is 22.5 Å². The number of nitrogens with zero attached hydrogens (tertiary/aromatic N) is 2. The molecule has 0 aliphatic rings. The van der Waals surface area contributed by atoms with Gasteiger partial charge in [0.05, 0.1) is 0 Å². The predicted molar refractivity (Wildman–Crippen MR) is 146 cm³/mol. The van der Waals surface area contributed by atoms with E-state index in [1.807, 2.05) is 24.3 Å². The van der Waals surface area contributed by atoms with Crippen LogP contribution in [0.25, 0.3) is 0 Å². The molecule has 0 radical (unpaired) electrons. The normalized spacial score (nSPS) is 11.2. The number of nitrogens with one attached hydrogen (secondary N) is 4. The predicted octanol–water partition coefficient (Wildman–Crippen LogP) is 3.80. The van der Waals surface area contributed by atoms with Crippen LogP contribution in [0, 0.1) is 0 Å². The molecule has 3 aromatic rings. The number of halogens is 1. The minimum Gasteiger partial charge on any atom is -0.373 e. The van der Waals surface area contributed by atoms with E-state index in [-0.39, 0.29) is 24.2 Å². The van der Waals surface area contributed by atoms with Crippen molar-refractivity contribution in [2.24, 2.45) is 9.98 Å². The average molecular weight is 493 g/mol. The summed E-state index contributed by atoms with van der Waals surface area (Å²) in [6.45, 7) is 0. The molecule has 4 N–H and O–H groups in total. The van der Waals surface area contributed by atoms with Crippen molar-refractivity contribution in [2.75, 3.05) is 38.8 Å². The Hall–Kier alpha value is -4.17. The van der Waals surface area contributed by atoms with Gasteiger partial charge in [-0.1, -0.05) is 6.07 Å². The Morgan fingerprint density at radius 1 is 0.600 bits per heavy atom. The van der Waals surface area contributed by atoms with Crippen molar-refractivity contribution in [2.45, 2.75) is 0 Å². The second-order valence-electron chi connectivity index (χ2n) is 7.29. The van der Waals surface area contributed by atoms with Crippen LogP contribution in [0.5, 0.6) is 0 Å². The molecule has 182 valence electrons. The van der Waals surface area contributed by atoms with Gasteiger partial charge in [0.25, 0.3) is 11.8 Å². The lowest BCUT2D eigenvalue weighted by Gasteiger charge is -2.10. The summed E-state index contributed by atoms with van der Waals surface area (Å²) in [4.78, 5) is 33.8. The summed E-state index contributed by atoms with van der Waals surface area (Å²) in [7, 11) is 7.02. The van der Waals surface area contributed by atoms with Crippen molar-refractivity contribution in [1.82, 2.24) is 10.6 Å². The first kappa shape index (κ1) is 27.1. The highest BCUT2D eigenvalue weighted by atomic mass is 35.5. The van der Waals surface area contributed by atoms with E-state index in [1.165, 1.54) is 0 Å². The van der Waals surface area contributed by atoms with Crippen molar-refractivity contribution >= 4 is 47.3 Å². The molecule has 0 fully saturated rings. The molecule has 35 heavy (non-hydrogen) atoms. The number of anilines is 2. The van der Waals surface area contributed by atoms with Gasteiger partial charge in [-0.15, -0.1) is 12.4 Å². The third kappa shape index (κ3) is 6.91. The van der Waals surface area contributed by atoms with Crippen LogP contribution in [0.3, 0.4) is 0 Å². The largest absolute Gasteiger partial charge is 0.373 e. The first-order valence-corrected chi connectivity index (χ1v) is 10.7. The van der Waals surface area contributed by atoms with Crippen LogP contribution in [-0.4, -0.2) is 51.7 Å². The van der Waals surface area contributed by atoms with Crippen molar-refractivity contribution in [1.29, 1.82) is 0 Å². The first-order chi connectivity index (χ1) is 16.5. The molecule has 0 aliphatic carbocycles. The third-order valence-electron chi connectivity index (χ3n) is 5.14. The highest BCUT2D eigenvalue weighted by Gasteiger charge is 2.12. The van der Waals surface area contributed by atoms with E-state index in [0.717, 1.165) is 22.8 Å². The van der Waals surface area contributed by atoms with Crippen LogP contribution in [0.2, 0.25) is 0 Å². The fraction of sp³-hybridized carbons (Fsp3) is 0.154. The maximum atomic E-state index is 12.7. The van der Waals surface area contributed by atoms with E-state index in [9.17, 15) is 9.59 Å². The molecule has 9 heteroatoms. The van der Waals surface area contributed by atoms with Crippen LogP contribution in [-0.2, 0) is 0 Å². The minimum absolute atomic E-state index is 0. The summed E-state index contributed by atoms with van der Waals surface area (Å²) < 4.78 is 0. The standard InChI is InChI=1S/C26H28N6O2.ClH/c1-27-23(28-2)17-8-12-21(13-9-17)31-25(33)19-6-5-7-20(16-19)26(34)32-22-14-10-18(11-15-22)24(29-3)30-4;/h5-16H,1-4H3,(H,27,28)(H,29,30)(H,31,33)(H,32,34);1H. The summed E-state index contributed by atoms with van der Waals surface area (Å²) in [5, 5.41) is 11.7. The van der Waals surface area contributed by atoms with Crippen molar-refractivity contribution in [3.63, 3.8) is 0 Å². The smallest absolute Gasteiger partial charge is 0.255 e. The lowest BCUT2D eigenvalue weighted by Crippen LogP contribution is -2.19. The van der Waals surface area contributed by atoms with Gasteiger partial charge in [-0.05, 0) is 66.7 Å². The van der Waals surface area contributed by atoms with Gasteiger partial charge in [0.2, 0.25) is 0 Å². The van der Waals surface area contributed by atoms with E-state index in [2.05, 4.69) is 31.3 Å². The highest BCUT2D eigenvalue weighted by Crippen LogP contribution is 2.15. The van der Waals surface area contributed by atoms with Crippen LogP contribution in [0.4, 0.5) is 11.4 Å². The van der Waals surface area contributed by atoms with Gasteiger partial charge < -0.3 is 21.3 Å². The van der Waals surface area contributed by atoms with Crippen LogP contribution in [0.15, 0.2) is 82.8 Å². The molecule has 3 rings (SSSR count). The number of aliphatic imine (C=N–C) groups is 2. The molecule has 3 aromatic carbocycles. The number of carbonyl (C=O) groups is 2. The van der Waals surface area contributed by atoms with Crippen LogP contribution in [0.1, 0.15) is 31.8 Å². The zero-order valence-corrected chi connectivity index (χ0v) is 20.9. The maximum absolute atomic E-state index is 12.7. The Morgan fingerprint density at radius 3 is 1.29 bits per heavy atom. The molecule has 0 saturated carbocycles. The van der Waals surface area contributed by atoms with Gasteiger partial charge in [0.15, 0.2) is 0 Å². The van der Waals surface area contributed by atoms with E-state index < -0.39 is 0 Å². The van der Waals surface area contributed by atoms with Crippen LogP contribution >= 0.6 is 12.4 Å². The fourth-order valence-electron chi connectivity index (χ4n) is 3.40. The first-order valence-electron chi connectivity index (χ1n) is 10.7. The second kappa shape index (κ2) is 12.9. The molecule has 0 unspecified atom stereocenters. The molecule has 0 aliphatic heterocycles. The highest BCUT2D eigenvalue weighted by molar-refractivity contribution is 6.09. The summed E-state index contributed by atoms with van der Waals surface area (Å²) in [5.41, 5.74) is 3.89. The van der Waals surface area contributed by atoms with Crippen molar-refractivity contribution < 1.29 is 9.59 Å². The van der Waals surface area contributed by atoms with E-state index >= 15 is 0 Å². The molecule has 0 aromatic heterocycles. The quantitative estimate of drug-likeness (QED) is 0.310.